The zero-order chi connectivity index (χ0) is 19.3. The molecule has 144 valence electrons. The molecule has 0 bridgehead atoms. The summed E-state index contributed by atoms with van der Waals surface area (Å²) < 4.78 is 16.5. The molecule has 0 unspecified atom stereocenters. The molecule has 0 radical (unpaired) electrons. The summed E-state index contributed by atoms with van der Waals surface area (Å²) in [5.41, 5.74) is 1.42. The fourth-order valence-electron chi connectivity index (χ4n) is 2.89. The predicted molar refractivity (Wildman–Crippen MR) is 103 cm³/mol. The van der Waals surface area contributed by atoms with Crippen LogP contribution in [0.4, 0.5) is 0 Å². The van der Waals surface area contributed by atoms with Crippen molar-refractivity contribution in [3.05, 3.63) is 65.7 Å². The van der Waals surface area contributed by atoms with Gasteiger partial charge in [-0.2, -0.15) is 0 Å². The number of hydrogen-bond donors (Lipinski definition) is 1. The second-order valence-corrected chi connectivity index (χ2v) is 6.75. The molecule has 2 aliphatic rings. The van der Waals surface area contributed by atoms with Gasteiger partial charge in [0, 0.05) is 17.7 Å². The summed E-state index contributed by atoms with van der Waals surface area (Å²) in [5, 5.41) is 2.90. The van der Waals surface area contributed by atoms with Crippen molar-refractivity contribution in [2.45, 2.75) is 25.0 Å². The zero-order valence-corrected chi connectivity index (χ0v) is 15.3. The van der Waals surface area contributed by atoms with Crippen LogP contribution in [0, 0.1) is 0 Å². The quantitative estimate of drug-likeness (QED) is 0.617. The van der Waals surface area contributed by atoms with Crippen LogP contribution in [0.25, 0.3) is 6.08 Å². The van der Waals surface area contributed by atoms with Crippen LogP contribution in [0.15, 0.2) is 54.6 Å². The third kappa shape index (κ3) is 4.52. The normalized spacial score (nSPS) is 16.4. The van der Waals surface area contributed by atoms with E-state index in [1.54, 1.807) is 30.3 Å². The highest BCUT2D eigenvalue weighted by molar-refractivity contribution is 5.91. The maximum Gasteiger partial charge on any atom is 0.331 e. The van der Waals surface area contributed by atoms with Gasteiger partial charge >= 0.3 is 5.97 Å². The number of carbonyl (C=O) groups is 2. The lowest BCUT2D eigenvalue weighted by atomic mass is 10.1. The Kier molecular flexibility index (Phi) is 5.28. The first-order chi connectivity index (χ1) is 13.7. The van der Waals surface area contributed by atoms with Gasteiger partial charge in [0.1, 0.15) is 13.2 Å². The predicted octanol–water partition coefficient (Wildman–Crippen LogP) is 3.03. The van der Waals surface area contributed by atoms with Crippen LogP contribution < -0.4 is 14.8 Å². The Morgan fingerprint density at radius 2 is 1.79 bits per heavy atom. The molecule has 1 fully saturated rings. The Hall–Kier alpha value is -3.28. The van der Waals surface area contributed by atoms with Crippen LogP contribution in [0.5, 0.6) is 11.5 Å². The SMILES string of the molecule is O=C(/C=C/c1ccc2c(c1)OCCO2)O[C@@H](C(=O)NC1CC1)c1ccccc1. The van der Waals surface area contributed by atoms with Gasteiger partial charge in [0.2, 0.25) is 6.10 Å². The topological polar surface area (TPSA) is 73.9 Å². The molecule has 0 spiro atoms. The molecule has 2 aromatic rings. The Morgan fingerprint density at radius 1 is 1.04 bits per heavy atom. The van der Waals surface area contributed by atoms with Crippen molar-refractivity contribution < 1.29 is 23.8 Å². The molecule has 4 rings (SSSR count). The molecule has 1 aliphatic carbocycles. The average Bonchev–Trinajstić information content (AvgIpc) is 3.55. The van der Waals surface area contributed by atoms with Gasteiger partial charge in [-0.05, 0) is 36.6 Å². The van der Waals surface area contributed by atoms with E-state index in [0.717, 1.165) is 18.4 Å². The first-order valence-corrected chi connectivity index (χ1v) is 9.33. The van der Waals surface area contributed by atoms with Crippen molar-refractivity contribution in [2.75, 3.05) is 13.2 Å². The summed E-state index contributed by atoms with van der Waals surface area (Å²) in [5.74, 6) is 0.448. The lowest BCUT2D eigenvalue weighted by Crippen LogP contribution is -2.33. The summed E-state index contributed by atoms with van der Waals surface area (Å²) in [6.07, 6.45) is 3.89. The van der Waals surface area contributed by atoms with E-state index in [0.29, 0.717) is 30.3 Å². The van der Waals surface area contributed by atoms with E-state index in [-0.39, 0.29) is 11.9 Å². The van der Waals surface area contributed by atoms with Crippen LogP contribution in [0.3, 0.4) is 0 Å². The maximum absolute atomic E-state index is 12.5. The van der Waals surface area contributed by atoms with Gasteiger partial charge in [0.25, 0.3) is 5.91 Å². The molecule has 1 amide bonds. The second kappa shape index (κ2) is 8.17. The number of amides is 1. The van der Waals surface area contributed by atoms with E-state index in [1.165, 1.54) is 6.08 Å². The molecule has 0 aromatic heterocycles. The lowest BCUT2D eigenvalue weighted by Gasteiger charge is -2.18. The maximum atomic E-state index is 12.5. The number of nitrogens with one attached hydrogen (secondary N) is 1. The molecule has 1 atom stereocenters. The fraction of sp³-hybridized carbons (Fsp3) is 0.273. The van der Waals surface area contributed by atoms with Gasteiger partial charge in [-0.25, -0.2) is 4.79 Å². The minimum absolute atomic E-state index is 0.186. The third-order valence-electron chi connectivity index (χ3n) is 4.48. The number of carbonyl (C=O) groups excluding carboxylic acids is 2. The number of ether oxygens (including phenoxy) is 3. The lowest BCUT2D eigenvalue weighted by molar-refractivity contribution is -0.151. The van der Waals surface area contributed by atoms with E-state index in [1.807, 2.05) is 24.3 Å². The number of fused-ring (bicyclic) bond motifs is 1. The number of hydrogen-bond acceptors (Lipinski definition) is 5. The van der Waals surface area contributed by atoms with Gasteiger partial charge in [0.15, 0.2) is 11.5 Å². The fourth-order valence-corrected chi connectivity index (χ4v) is 2.89. The van der Waals surface area contributed by atoms with Crippen molar-refractivity contribution in [3.63, 3.8) is 0 Å². The van der Waals surface area contributed by atoms with E-state index >= 15 is 0 Å². The summed E-state index contributed by atoms with van der Waals surface area (Å²) in [4.78, 5) is 24.9. The van der Waals surface area contributed by atoms with E-state index in [2.05, 4.69) is 5.32 Å². The molecule has 28 heavy (non-hydrogen) atoms. The first kappa shape index (κ1) is 18.1. The van der Waals surface area contributed by atoms with Crippen LogP contribution in [-0.4, -0.2) is 31.1 Å². The number of benzene rings is 2. The van der Waals surface area contributed by atoms with Crippen molar-refractivity contribution in [1.29, 1.82) is 0 Å². The van der Waals surface area contributed by atoms with E-state index in [4.69, 9.17) is 14.2 Å². The Morgan fingerprint density at radius 3 is 2.54 bits per heavy atom. The van der Waals surface area contributed by atoms with Crippen molar-refractivity contribution >= 4 is 18.0 Å². The summed E-state index contributed by atoms with van der Waals surface area (Å²) in [6.45, 7) is 1.02. The van der Waals surface area contributed by atoms with Gasteiger partial charge in [-0.1, -0.05) is 36.4 Å². The number of esters is 1. The Bertz CT molecular complexity index is 889. The highest BCUT2D eigenvalue weighted by Gasteiger charge is 2.30. The molecule has 1 saturated carbocycles. The largest absolute Gasteiger partial charge is 0.486 e. The highest BCUT2D eigenvalue weighted by Crippen LogP contribution is 2.31. The minimum Gasteiger partial charge on any atom is -0.486 e. The summed E-state index contributed by atoms with van der Waals surface area (Å²) in [6, 6.07) is 14.6. The van der Waals surface area contributed by atoms with Crippen molar-refractivity contribution in [1.82, 2.24) is 5.32 Å². The van der Waals surface area contributed by atoms with Gasteiger partial charge < -0.3 is 19.5 Å². The standard InChI is InChI=1S/C22H21NO5/c24-20(11-7-15-6-10-18-19(14-15)27-13-12-26-18)28-21(16-4-2-1-3-5-16)22(25)23-17-8-9-17/h1-7,10-11,14,17,21H,8-9,12-13H2,(H,23,25)/b11-7+/t21-/m1/s1. The van der Waals surface area contributed by atoms with Crippen LogP contribution in [0.2, 0.25) is 0 Å². The van der Waals surface area contributed by atoms with E-state index in [9.17, 15) is 9.59 Å². The van der Waals surface area contributed by atoms with Gasteiger partial charge in [-0.3, -0.25) is 4.79 Å². The molecule has 6 nitrogen and oxygen atoms in total. The van der Waals surface area contributed by atoms with Gasteiger partial charge in [0.05, 0.1) is 0 Å². The summed E-state index contributed by atoms with van der Waals surface area (Å²) >= 11 is 0. The minimum atomic E-state index is -0.973. The molecule has 2 aromatic carbocycles. The Balaban J connectivity index is 1.45. The van der Waals surface area contributed by atoms with E-state index < -0.39 is 12.1 Å². The smallest absolute Gasteiger partial charge is 0.331 e. The van der Waals surface area contributed by atoms with Crippen molar-refractivity contribution in [2.24, 2.45) is 0 Å². The molecule has 1 aliphatic heterocycles. The van der Waals surface area contributed by atoms with Crippen LogP contribution in [-0.2, 0) is 14.3 Å². The highest BCUT2D eigenvalue weighted by atomic mass is 16.6. The molecule has 0 saturated heterocycles. The summed E-state index contributed by atoms with van der Waals surface area (Å²) in [7, 11) is 0. The molecular weight excluding hydrogens is 358 g/mol. The first-order valence-electron chi connectivity index (χ1n) is 9.33. The second-order valence-electron chi connectivity index (χ2n) is 6.75. The molecule has 6 heteroatoms. The van der Waals surface area contributed by atoms with Crippen LogP contribution >= 0.6 is 0 Å². The zero-order valence-electron chi connectivity index (χ0n) is 15.3. The molecule has 1 N–H and O–H groups in total. The number of rotatable bonds is 6. The van der Waals surface area contributed by atoms with Gasteiger partial charge in [-0.15, -0.1) is 0 Å². The average molecular weight is 379 g/mol. The molecule has 1 heterocycles. The molecular formula is C22H21NO5. The Labute approximate surface area is 163 Å². The third-order valence-corrected chi connectivity index (χ3v) is 4.48. The van der Waals surface area contributed by atoms with Crippen LogP contribution in [0.1, 0.15) is 30.1 Å². The van der Waals surface area contributed by atoms with Crippen molar-refractivity contribution in [3.8, 4) is 11.5 Å². The monoisotopic (exact) mass is 379 g/mol.